The van der Waals surface area contributed by atoms with Crippen molar-refractivity contribution in [2.24, 2.45) is 0 Å². The molecule has 0 saturated carbocycles. The molecule has 148 valence electrons. The Hall–Kier alpha value is -2.89. The van der Waals surface area contributed by atoms with E-state index >= 15 is 0 Å². The van der Waals surface area contributed by atoms with Crippen molar-refractivity contribution in [1.82, 2.24) is 15.0 Å². The molecule has 1 aliphatic heterocycles. The van der Waals surface area contributed by atoms with Crippen LogP contribution in [0, 0.1) is 13.8 Å². The average molecular weight is 381 g/mol. The van der Waals surface area contributed by atoms with Gasteiger partial charge >= 0.3 is 0 Å². The van der Waals surface area contributed by atoms with Gasteiger partial charge in [-0.2, -0.15) is 0 Å². The highest BCUT2D eigenvalue weighted by molar-refractivity contribution is 5.87. The van der Waals surface area contributed by atoms with Crippen LogP contribution in [0.2, 0.25) is 0 Å². The molecule has 2 amide bonds. The van der Waals surface area contributed by atoms with Crippen LogP contribution in [0.1, 0.15) is 29.0 Å². The predicted molar refractivity (Wildman–Crippen MR) is 107 cm³/mol. The quantitative estimate of drug-likeness (QED) is 0.722. The Morgan fingerprint density at radius 1 is 1.25 bits per heavy atom. The molecule has 6 nitrogen and oxygen atoms in total. The molecule has 1 fully saturated rings. The van der Waals surface area contributed by atoms with Crippen LogP contribution in [-0.4, -0.2) is 52.4 Å². The second-order valence-electron chi connectivity index (χ2n) is 7.22. The maximum absolute atomic E-state index is 12.8. The van der Waals surface area contributed by atoms with E-state index in [2.05, 4.69) is 23.9 Å². The molecule has 1 aliphatic rings. The van der Waals surface area contributed by atoms with E-state index in [4.69, 9.17) is 4.52 Å². The molecule has 2 heterocycles. The Bertz CT molecular complexity index is 824. The number of carbonyl (C=O) groups is 2. The van der Waals surface area contributed by atoms with Gasteiger partial charge in [-0.3, -0.25) is 9.59 Å². The molecule has 0 radical (unpaired) electrons. The minimum Gasteiger partial charge on any atom is -0.361 e. The normalized spacial score (nSPS) is 16.9. The lowest BCUT2D eigenvalue weighted by molar-refractivity contribution is -0.140. The molecule has 1 atom stereocenters. The standard InChI is InChI=1S/C22H27N3O3/c1-4-21(26)25-13-12-24(15-19(25)14-18-8-6-5-7-9-18)22(27)11-10-20-16(2)23-28-17(20)3/h4-9,19H,1,10-15H2,2-3H3/t19-/m0/s1. The molecule has 1 aromatic heterocycles. The molecular formula is C22H27N3O3. The van der Waals surface area contributed by atoms with Gasteiger partial charge < -0.3 is 14.3 Å². The zero-order chi connectivity index (χ0) is 20.1. The topological polar surface area (TPSA) is 66.7 Å². The maximum atomic E-state index is 12.8. The van der Waals surface area contributed by atoms with Crippen LogP contribution in [0.5, 0.6) is 0 Å². The van der Waals surface area contributed by atoms with Gasteiger partial charge in [0.2, 0.25) is 11.8 Å². The number of amides is 2. The number of carbonyl (C=O) groups excluding carboxylic acids is 2. The Morgan fingerprint density at radius 2 is 2.00 bits per heavy atom. The first kappa shape index (κ1) is 19.9. The monoisotopic (exact) mass is 381 g/mol. The second kappa shape index (κ2) is 8.87. The van der Waals surface area contributed by atoms with Gasteiger partial charge in [0.25, 0.3) is 0 Å². The predicted octanol–water partition coefficient (Wildman–Crippen LogP) is 2.69. The van der Waals surface area contributed by atoms with E-state index in [-0.39, 0.29) is 17.9 Å². The highest BCUT2D eigenvalue weighted by Gasteiger charge is 2.31. The van der Waals surface area contributed by atoms with Crippen LogP contribution in [0.4, 0.5) is 0 Å². The molecule has 3 rings (SSSR count). The van der Waals surface area contributed by atoms with Gasteiger partial charge in [-0.25, -0.2) is 0 Å². The van der Waals surface area contributed by atoms with Crippen LogP contribution in [0.15, 0.2) is 47.5 Å². The van der Waals surface area contributed by atoms with E-state index in [0.717, 1.165) is 22.6 Å². The lowest BCUT2D eigenvalue weighted by Gasteiger charge is -2.41. The summed E-state index contributed by atoms with van der Waals surface area (Å²) in [6, 6.07) is 10.0. The van der Waals surface area contributed by atoms with Gasteiger partial charge in [0.15, 0.2) is 0 Å². The maximum Gasteiger partial charge on any atom is 0.246 e. The number of hydrogen-bond donors (Lipinski definition) is 0. The third kappa shape index (κ3) is 4.50. The van der Waals surface area contributed by atoms with Crippen molar-refractivity contribution in [3.05, 3.63) is 65.6 Å². The number of aryl methyl sites for hydroxylation is 2. The van der Waals surface area contributed by atoms with Crippen LogP contribution in [0.3, 0.4) is 0 Å². The lowest BCUT2D eigenvalue weighted by atomic mass is 10.0. The van der Waals surface area contributed by atoms with Crippen molar-refractivity contribution in [1.29, 1.82) is 0 Å². The number of nitrogens with zero attached hydrogens (tertiary/aromatic N) is 3. The highest BCUT2D eigenvalue weighted by atomic mass is 16.5. The Balaban J connectivity index is 1.66. The largest absolute Gasteiger partial charge is 0.361 e. The summed E-state index contributed by atoms with van der Waals surface area (Å²) >= 11 is 0. The molecule has 1 saturated heterocycles. The van der Waals surface area contributed by atoms with Gasteiger partial charge in [-0.15, -0.1) is 0 Å². The van der Waals surface area contributed by atoms with E-state index in [0.29, 0.717) is 38.9 Å². The van der Waals surface area contributed by atoms with Crippen molar-refractivity contribution in [3.63, 3.8) is 0 Å². The van der Waals surface area contributed by atoms with Crippen molar-refractivity contribution in [3.8, 4) is 0 Å². The zero-order valence-corrected chi connectivity index (χ0v) is 16.6. The molecular weight excluding hydrogens is 354 g/mol. The van der Waals surface area contributed by atoms with E-state index in [1.807, 2.05) is 41.8 Å². The lowest BCUT2D eigenvalue weighted by Crippen LogP contribution is -2.57. The third-order valence-electron chi connectivity index (χ3n) is 5.38. The fourth-order valence-corrected chi connectivity index (χ4v) is 3.80. The summed E-state index contributed by atoms with van der Waals surface area (Å²) in [4.78, 5) is 28.8. The number of rotatable bonds is 6. The SMILES string of the molecule is C=CC(=O)N1CCN(C(=O)CCc2c(C)noc2C)C[C@@H]1Cc1ccccc1. The molecule has 6 heteroatoms. The zero-order valence-electron chi connectivity index (χ0n) is 16.6. The van der Waals surface area contributed by atoms with Gasteiger partial charge in [-0.05, 0) is 38.3 Å². The van der Waals surface area contributed by atoms with Crippen LogP contribution < -0.4 is 0 Å². The van der Waals surface area contributed by atoms with Gasteiger partial charge in [-0.1, -0.05) is 42.1 Å². The molecule has 0 aliphatic carbocycles. The Morgan fingerprint density at radius 3 is 2.64 bits per heavy atom. The first-order chi connectivity index (χ1) is 13.5. The summed E-state index contributed by atoms with van der Waals surface area (Å²) < 4.78 is 5.18. The van der Waals surface area contributed by atoms with Crippen molar-refractivity contribution < 1.29 is 14.1 Å². The molecule has 2 aromatic rings. The fraction of sp³-hybridized carbons (Fsp3) is 0.409. The van der Waals surface area contributed by atoms with Gasteiger partial charge in [0.1, 0.15) is 5.76 Å². The minimum atomic E-state index is -0.0799. The van der Waals surface area contributed by atoms with E-state index < -0.39 is 0 Å². The van der Waals surface area contributed by atoms with E-state index in [1.165, 1.54) is 6.08 Å². The van der Waals surface area contributed by atoms with Gasteiger partial charge in [0, 0.05) is 31.6 Å². The van der Waals surface area contributed by atoms with Gasteiger partial charge in [0.05, 0.1) is 11.7 Å². The van der Waals surface area contributed by atoms with Crippen LogP contribution >= 0.6 is 0 Å². The van der Waals surface area contributed by atoms with Crippen LogP contribution in [0.25, 0.3) is 0 Å². The molecule has 0 N–H and O–H groups in total. The smallest absolute Gasteiger partial charge is 0.246 e. The Kier molecular flexibility index (Phi) is 6.29. The van der Waals surface area contributed by atoms with E-state index in [1.54, 1.807) is 0 Å². The first-order valence-corrected chi connectivity index (χ1v) is 9.66. The van der Waals surface area contributed by atoms with Crippen LogP contribution in [-0.2, 0) is 22.4 Å². The third-order valence-corrected chi connectivity index (χ3v) is 5.38. The number of piperazine rings is 1. The average Bonchev–Trinajstić information content (AvgIpc) is 3.03. The molecule has 0 bridgehead atoms. The molecule has 28 heavy (non-hydrogen) atoms. The summed E-state index contributed by atoms with van der Waals surface area (Å²) in [5.41, 5.74) is 3.00. The molecule has 1 aromatic carbocycles. The summed E-state index contributed by atoms with van der Waals surface area (Å²) in [7, 11) is 0. The first-order valence-electron chi connectivity index (χ1n) is 9.66. The van der Waals surface area contributed by atoms with Crippen molar-refractivity contribution in [2.45, 2.75) is 39.2 Å². The Labute approximate surface area is 165 Å². The summed E-state index contributed by atoms with van der Waals surface area (Å²) in [6.07, 6.45) is 3.10. The molecule has 0 unspecified atom stereocenters. The number of hydrogen-bond acceptors (Lipinski definition) is 4. The molecule has 0 spiro atoms. The summed E-state index contributed by atoms with van der Waals surface area (Å²) in [5.74, 6) is 0.793. The highest BCUT2D eigenvalue weighted by Crippen LogP contribution is 2.19. The summed E-state index contributed by atoms with van der Waals surface area (Å²) in [5, 5.41) is 3.95. The number of aromatic nitrogens is 1. The van der Waals surface area contributed by atoms with E-state index in [9.17, 15) is 9.59 Å². The minimum absolute atomic E-state index is 0.0512. The fourth-order valence-electron chi connectivity index (χ4n) is 3.80. The second-order valence-corrected chi connectivity index (χ2v) is 7.22. The van der Waals surface area contributed by atoms with Crippen molar-refractivity contribution in [2.75, 3.05) is 19.6 Å². The summed E-state index contributed by atoms with van der Waals surface area (Å²) in [6.45, 7) is 9.00. The van der Waals surface area contributed by atoms with Crippen molar-refractivity contribution >= 4 is 11.8 Å². The number of benzene rings is 1.